The molecule has 19 heavy (non-hydrogen) atoms. The molecule has 1 saturated heterocycles. The molecule has 1 fully saturated rings. The minimum Gasteiger partial charge on any atom is -0.381 e. The molecule has 1 aromatic heterocycles. The second kappa shape index (κ2) is 7.21. The van der Waals surface area contributed by atoms with Crippen LogP contribution in [0, 0.1) is 5.92 Å². The van der Waals surface area contributed by atoms with Crippen LogP contribution >= 0.6 is 0 Å². The van der Waals surface area contributed by atoms with Crippen molar-refractivity contribution in [3.8, 4) is 0 Å². The summed E-state index contributed by atoms with van der Waals surface area (Å²) >= 11 is 0. The average Bonchev–Trinajstić information content (AvgIpc) is 2.48. The lowest BCUT2D eigenvalue weighted by Gasteiger charge is -2.21. The number of carbonyl (C=O) groups excluding carboxylic acids is 1. The van der Waals surface area contributed by atoms with Gasteiger partial charge in [-0.25, -0.2) is 0 Å². The van der Waals surface area contributed by atoms with Crippen LogP contribution in [-0.2, 0) is 11.3 Å². The number of nitrogens with zero attached hydrogens (tertiary/aromatic N) is 1. The number of hydrogen-bond acceptors (Lipinski definition) is 4. The lowest BCUT2D eigenvalue weighted by molar-refractivity contribution is 0.0636. The van der Waals surface area contributed by atoms with E-state index in [9.17, 15) is 4.79 Å². The summed E-state index contributed by atoms with van der Waals surface area (Å²) in [4.78, 5) is 16.0. The van der Waals surface area contributed by atoms with Crippen LogP contribution in [0.5, 0.6) is 0 Å². The van der Waals surface area contributed by atoms with Gasteiger partial charge in [0.05, 0.1) is 5.69 Å². The number of nitrogens with one attached hydrogen (secondary N) is 1. The van der Waals surface area contributed by atoms with Crippen LogP contribution in [0.1, 0.15) is 35.3 Å². The summed E-state index contributed by atoms with van der Waals surface area (Å²) < 4.78 is 5.32. The maximum atomic E-state index is 12.0. The quantitative estimate of drug-likeness (QED) is 0.833. The van der Waals surface area contributed by atoms with Crippen LogP contribution in [0.4, 0.5) is 0 Å². The van der Waals surface area contributed by atoms with E-state index in [-0.39, 0.29) is 5.91 Å². The molecule has 0 aromatic carbocycles. The normalized spacial score (nSPS) is 16.3. The molecule has 0 atom stereocenters. The predicted molar refractivity (Wildman–Crippen MR) is 72.6 cm³/mol. The van der Waals surface area contributed by atoms with Crippen molar-refractivity contribution in [3.05, 3.63) is 29.6 Å². The second-order valence-electron chi connectivity index (χ2n) is 4.84. The van der Waals surface area contributed by atoms with Gasteiger partial charge in [-0.3, -0.25) is 9.78 Å². The monoisotopic (exact) mass is 263 g/mol. The maximum Gasteiger partial charge on any atom is 0.251 e. The Morgan fingerprint density at radius 2 is 2.26 bits per heavy atom. The minimum atomic E-state index is -0.0517. The average molecular weight is 263 g/mol. The molecule has 5 nitrogen and oxygen atoms in total. The fourth-order valence-corrected chi connectivity index (χ4v) is 2.26. The fraction of sp³-hybridized carbons (Fsp3) is 0.571. The molecule has 104 valence electrons. The number of carbonyl (C=O) groups is 1. The zero-order valence-corrected chi connectivity index (χ0v) is 11.1. The van der Waals surface area contributed by atoms with E-state index in [4.69, 9.17) is 10.5 Å². The van der Waals surface area contributed by atoms with Gasteiger partial charge in [0.2, 0.25) is 0 Å². The molecule has 0 radical (unpaired) electrons. The van der Waals surface area contributed by atoms with Crippen molar-refractivity contribution in [2.24, 2.45) is 11.7 Å². The Morgan fingerprint density at radius 1 is 1.47 bits per heavy atom. The van der Waals surface area contributed by atoms with Crippen molar-refractivity contribution in [2.75, 3.05) is 19.8 Å². The van der Waals surface area contributed by atoms with Crippen LogP contribution < -0.4 is 11.1 Å². The minimum absolute atomic E-state index is 0.0517. The van der Waals surface area contributed by atoms with E-state index < -0.39 is 0 Å². The molecular formula is C14H21N3O2. The SMILES string of the molecule is NCc1cc(C(=O)NCCC2CCOCC2)ccn1. The first-order valence-corrected chi connectivity index (χ1v) is 6.80. The summed E-state index contributed by atoms with van der Waals surface area (Å²) in [7, 11) is 0. The van der Waals surface area contributed by atoms with E-state index in [2.05, 4.69) is 10.3 Å². The van der Waals surface area contributed by atoms with Crippen molar-refractivity contribution < 1.29 is 9.53 Å². The third-order valence-electron chi connectivity index (χ3n) is 3.47. The van der Waals surface area contributed by atoms with Gasteiger partial charge in [0.25, 0.3) is 5.91 Å². The molecule has 1 aromatic rings. The molecule has 1 aliphatic rings. The summed E-state index contributed by atoms with van der Waals surface area (Å²) in [6.45, 7) is 2.76. The number of ether oxygens (including phenoxy) is 1. The summed E-state index contributed by atoms with van der Waals surface area (Å²) in [5, 5.41) is 2.95. The van der Waals surface area contributed by atoms with Crippen molar-refractivity contribution in [2.45, 2.75) is 25.8 Å². The van der Waals surface area contributed by atoms with Crippen LogP contribution in [-0.4, -0.2) is 30.6 Å². The van der Waals surface area contributed by atoms with Crippen LogP contribution in [0.3, 0.4) is 0 Å². The summed E-state index contributed by atoms with van der Waals surface area (Å²) in [5.74, 6) is 0.621. The van der Waals surface area contributed by atoms with E-state index in [1.807, 2.05) is 0 Å². The highest BCUT2D eigenvalue weighted by molar-refractivity contribution is 5.94. The lowest BCUT2D eigenvalue weighted by Crippen LogP contribution is -2.27. The van der Waals surface area contributed by atoms with Crippen molar-refractivity contribution in [1.29, 1.82) is 0 Å². The van der Waals surface area contributed by atoms with Crippen LogP contribution in [0.2, 0.25) is 0 Å². The van der Waals surface area contributed by atoms with E-state index in [1.165, 1.54) is 0 Å². The van der Waals surface area contributed by atoms with E-state index in [1.54, 1.807) is 18.3 Å². The van der Waals surface area contributed by atoms with Gasteiger partial charge in [0, 0.05) is 38.1 Å². The Hall–Kier alpha value is -1.46. The van der Waals surface area contributed by atoms with Gasteiger partial charge in [-0.1, -0.05) is 0 Å². The van der Waals surface area contributed by atoms with Gasteiger partial charge in [0.15, 0.2) is 0 Å². The van der Waals surface area contributed by atoms with Gasteiger partial charge in [0.1, 0.15) is 0 Å². The largest absolute Gasteiger partial charge is 0.381 e. The van der Waals surface area contributed by atoms with Gasteiger partial charge in [-0.05, 0) is 37.3 Å². The topological polar surface area (TPSA) is 77.2 Å². The standard InChI is InChI=1S/C14H21N3O2/c15-10-13-9-12(2-6-16-13)14(18)17-5-1-11-3-7-19-8-4-11/h2,6,9,11H,1,3-5,7-8,10,15H2,(H,17,18). The van der Waals surface area contributed by atoms with Gasteiger partial charge < -0.3 is 15.8 Å². The Bertz CT molecular complexity index is 417. The molecule has 0 bridgehead atoms. The molecule has 3 N–H and O–H groups in total. The molecule has 1 aliphatic heterocycles. The Labute approximate surface area is 113 Å². The third kappa shape index (κ3) is 4.29. The number of hydrogen-bond donors (Lipinski definition) is 2. The molecule has 0 spiro atoms. The highest BCUT2D eigenvalue weighted by Crippen LogP contribution is 2.17. The lowest BCUT2D eigenvalue weighted by atomic mass is 9.97. The van der Waals surface area contributed by atoms with E-state index in [0.29, 0.717) is 24.6 Å². The second-order valence-corrected chi connectivity index (χ2v) is 4.84. The Morgan fingerprint density at radius 3 is 3.00 bits per heavy atom. The first-order chi connectivity index (χ1) is 9.29. The number of nitrogens with two attached hydrogens (primary N) is 1. The number of amides is 1. The number of rotatable bonds is 5. The molecule has 2 heterocycles. The van der Waals surface area contributed by atoms with Crippen LogP contribution in [0.25, 0.3) is 0 Å². The zero-order chi connectivity index (χ0) is 13.5. The van der Waals surface area contributed by atoms with Gasteiger partial charge in [-0.2, -0.15) is 0 Å². The molecule has 0 saturated carbocycles. The molecule has 5 heteroatoms. The van der Waals surface area contributed by atoms with Crippen LogP contribution in [0.15, 0.2) is 18.3 Å². The number of aromatic nitrogens is 1. The maximum absolute atomic E-state index is 12.0. The first kappa shape index (κ1) is 14.0. The highest BCUT2D eigenvalue weighted by Gasteiger charge is 2.14. The third-order valence-corrected chi connectivity index (χ3v) is 3.47. The summed E-state index contributed by atoms with van der Waals surface area (Å²) in [5.41, 5.74) is 6.87. The Kier molecular flexibility index (Phi) is 5.30. The molecule has 0 aliphatic carbocycles. The zero-order valence-electron chi connectivity index (χ0n) is 11.1. The van der Waals surface area contributed by atoms with Gasteiger partial charge >= 0.3 is 0 Å². The Balaban J connectivity index is 1.77. The van der Waals surface area contributed by atoms with Gasteiger partial charge in [-0.15, -0.1) is 0 Å². The molecule has 2 rings (SSSR count). The van der Waals surface area contributed by atoms with Crippen molar-refractivity contribution in [3.63, 3.8) is 0 Å². The summed E-state index contributed by atoms with van der Waals surface area (Å²) in [6, 6.07) is 3.45. The fourth-order valence-electron chi connectivity index (χ4n) is 2.26. The smallest absolute Gasteiger partial charge is 0.251 e. The highest BCUT2D eigenvalue weighted by atomic mass is 16.5. The predicted octanol–water partition coefficient (Wildman–Crippen LogP) is 1.09. The molecule has 0 unspecified atom stereocenters. The molecular weight excluding hydrogens is 242 g/mol. The summed E-state index contributed by atoms with van der Waals surface area (Å²) in [6.07, 6.45) is 4.84. The van der Waals surface area contributed by atoms with Crippen molar-refractivity contribution >= 4 is 5.91 Å². The molecule has 1 amide bonds. The van der Waals surface area contributed by atoms with E-state index >= 15 is 0 Å². The van der Waals surface area contributed by atoms with E-state index in [0.717, 1.165) is 38.2 Å². The number of pyridine rings is 1. The van der Waals surface area contributed by atoms with Crippen molar-refractivity contribution in [1.82, 2.24) is 10.3 Å². The first-order valence-electron chi connectivity index (χ1n) is 6.80.